The molecule has 2 aromatic carbocycles. The molecule has 0 unspecified atom stereocenters. The van der Waals surface area contributed by atoms with Gasteiger partial charge in [-0.15, -0.1) is 11.3 Å². The van der Waals surface area contributed by atoms with Gasteiger partial charge in [-0.25, -0.2) is 4.98 Å². The number of carboxylic acid groups (broad SMARTS) is 1. The van der Waals surface area contributed by atoms with Crippen molar-refractivity contribution in [3.8, 4) is 5.75 Å². The lowest BCUT2D eigenvalue weighted by molar-refractivity contribution is -0.153. The average molecular weight is 657 g/mol. The highest BCUT2D eigenvalue weighted by Crippen LogP contribution is 2.42. The van der Waals surface area contributed by atoms with Crippen molar-refractivity contribution in [2.45, 2.75) is 57.6 Å². The number of imide groups is 1. The SMILES string of the molecule is Cc1ncc(C(=O)N2CC[C@H](Oc3cccc4c3[C@@H](CN3C(=O)c5ccccc5C3=O)N(C(=O)[C@@H]3CCCC[C@@H]3C(=O)O)CC4)C2)s1. The number of likely N-dealkylation sites (tertiary alicyclic amines) is 1. The molecule has 4 amide bonds. The molecular weight excluding hydrogens is 620 g/mol. The van der Waals surface area contributed by atoms with E-state index in [0.717, 1.165) is 23.4 Å². The maximum atomic E-state index is 14.3. The first-order chi connectivity index (χ1) is 22.7. The summed E-state index contributed by atoms with van der Waals surface area (Å²) in [7, 11) is 0. The van der Waals surface area contributed by atoms with E-state index in [4.69, 9.17) is 4.74 Å². The van der Waals surface area contributed by atoms with Crippen molar-refractivity contribution in [3.05, 3.63) is 80.8 Å². The second-order valence-corrected chi connectivity index (χ2v) is 14.0. The molecule has 1 N–H and O–H groups in total. The van der Waals surface area contributed by atoms with E-state index in [0.29, 0.717) is 72.6 Å². The summed E-state index contributed by atoms with van der Waals surface area (Å²) in [4.78, 5) is 76.2. The summed E-state index contributed by atoms with van der Waals surface area (Å²) in [6.07, 6.45) is 4.85. The van der Waals surface area contributed by atoms with Crippen LogP contribution in [0.5, 0.6) is 5.75 Å². The molecule has 1 saturated carbocycles. The second-order valence-electron chi connectivity index (χ2n) is 12.8. The van der Waals surface area contributed by atoms with Gasteiger partial charge in [0.05, 0.1) is 53.3 Å². The Bertz CT molecular complexity index is 1740. The van der Waals surface area contributed by atoms with E-state index in [9.17, 15) is 29.1 Å². The van der Waals surface area contributed by atoms with Crippen molar-refractivity contribution in [1.82, 2.24) is 19.7 Å². The number of aliphatic carboxylic acids is 1. The van der Waals surface area contributed by atoms with Gasteiger partial charge in [0.15, 0.2) is 0 Å². The molecule has 0 spiro atoms. The monoisotopic (exact) mass is 656 g/mol. The number of ether oxygens (including phenoxy) is 1. The van der Waals surface area contributed by atoms with Crippen LogP contribution < -0.4 is 4.74 Å². The Morgan fingerprint density at radius 1 is 0.957 bits per heavy atom. The predicted molar refractivity (Wildman–Crippen MR) is 171 cm³/mol. The molecule has 47 heavy (non-hydrogen) atoms. The summed E-state index contributed by atoms with van der Waals surface area (Å²) in [5, 5.41) is 10.8. The van der Waals surface area contributed by atoms with E-state index in [2.05, 4.69) is 4.98 Å². The zero-order valence-electron chi connectivity index (χ0n) is 26.1. The number of carbonyl (C=O) groups is 5. The number of rotatable bonds is 7. The molecule has 2 fully saturated rings. The Balaban J connectivity index is 1.21. The van der Waals surface area contributed by atoms with Crippen molar-refractivity contribution < 1.29 is 33.8 Å². The fourth-order valence-electron chi connectivity index (χ4n) is 7.61. The Morgan fingerprint density at radius 3 is 2.36 bits per heavy atom. The molecular formula is C35H36N4O7S. The standard InChI is InChI=1S/C35H36N4O7S/c1-20-36-17-29(47-20)34(43)37-15-14-22(18-37)46-28-12-6-7-21-13-16-38(31(40)25-10-4-5-11-26(25)35(44)45)27(30(21)28)19-39-32(41)23-8-2-3-9-24(23)33(39)42/h2-3,6-9,12,17,22,25-27H,4-5,10-11,13-16,18-19H2,1H3,(H,44,45)/t22-,25+,26-,27+/m0/s1. The van der Waals surface area contributed by atoms with E-state index in [1.165, 1.54) is 16.2 Å². The number of hydrogen-bond donors (Lipinski definition) is 1. The summed E-state index contributed by atoms with van der Waals surface area (Å²) in [5.74, 6) is -3.11. The first-order valence-electron chi connectivity index (χ1n) is 16.2. The number of carbonyl (C=O) groups excluding carboxylic acids is 4. The average Bonchev–Trinajstić information content (AvgIpc) is 3.80. The molecule has 4 aliphatic rings. The van der Waals surface area contributed by atoms with Crippen LogP contribution >= 0.6 is 11.3 Å². The minimum Gasteiger partial charge on any atom is -0.488 e. The van der Waals surface area contributed by atoms with Crippen LogP contribution in [0.4, 0.5) is 0 Å². The van der Waals surface area contributed by atoms with Gasteiger partial charge >= 0.3 is 5.97 Å². The van der Waals surface area contributed by atoms with Gasteiger partial charge in [0.25, 0.3) is 17.7 Å². The molecule has 4 atom stereocenters. The van der Waals surface area contributed by atoms with Crippen molar-refractivity contribution in [1.29, 1.82) is 0 Å². The molecule has 1 saturated heterocycles. The molecule has 0 bridgehead atoms. The smallest absolute Gasteiger partial charge is 0.307 e. The number of fused-ring (bicyclic) bond motifs is 2. The normalized spacial score (nSPS) is 23.9. The highest BCUT2D eigenvalue weighted by Gasteiger charge is 2.45. The van der Waals surface area contributed by atoms with Crippen LogP contribution in [0.3, 0.4) is 0 Å². The summed E-state index contributed by atoms with van der Waals surface area (Å²) in [6, 6.07) is 11.6. The third-order valence-electron chi connectivity index (χ3n) is 9.96. The highest BCUT2D eigenvalue weighted by atomic mass is 32.1. The molecule has 7 rings (SSSR count). The minimum absolute atomic E-state index is 0.0856. The largest absolute Gasteiger partial charge is 0.488 e. The summed E-state index contributed by atoms with van der Waals surface area (Å²) >= 11 is 1.36. The van der Waals surface area contributed by atoms with E-state index >= 15 is 0 Å². The van der Waals surface area contributed by atoms with Gasteiger partial charge in [0, 0.05) is 25.1 Å². The predicted octanol–water partition coefficient (Wildman–Crippen LogP) is 4.36. The molecule has 1 aliphatic carbocycles. The molecule has 3 aliphatic heterocycles. The lowest BCUT2D eigenvalue weighted by Gasteiger charge is -2.42. The molecule has 0 radical (unpaired) electrons. The quantitative estimate of drug-likeness (QED) is 0.371. The van der Waals surface area contributed by atoms with Crippen LogP contribution in [-0.2, 0) is 16.0 Å². The number of thiazole rings is 1. The van der Waals surface area contributed by atoms with Gasteiger partial charge in [-0.1, -0.05) is 37.1 Å². The third-order valence-corrected chi connectivity index (χ3v) is 10.9. The Labute approximate surface area is 276 Å². The van der Waals surface area contributed by atoms with Crippen LogP contribution in [0.2, 0.25) is 0 Å². The van der Waals surface area contributed by atoms with E-state index in [1.54, 1.807) is 40.3 Å². The summed E-state index contributed by atoms with van der Waals surface area (Å²) < 4.78 is 6.61. The van der Waals surface area contributed by atoms with Crippen LogP contribution in [0.15, 0.2) is 48.7 Å². The number of aromatic nitrogens is 1. The van der Waals surface area contributed by atoms with Crippen LogP contribution in [0.25, 0.3) is 0 Å². The van der Waals surface area contributed by atoms with Crippen molar-refractivity contribution in [3.63, 3.8) is 0 Å². The number of amides is 4. The summed E-state index contributed by atoms with van der Waals surface area (Å²) in [6.45, 7) is 3.00. The van der Waals surface area contributed by atoms with Crippen LogP contribution in [0.1, 0.15) is 84.7 Å². The van der Waals surface area contributed by atoms with Gasteiger partial charge < -0.3 is 19.6 Å². The maximum absolute atomic E-state index is 14.3. The Kier molecular flexibility index (Phi) is 8.29. The number of aryl methyl sites for hydroxylation is 1. The Morgan fingerprint density at radius 2 is 1.68 bits per heavy atom. The fourth-order valence-corrected chi connectivity index (χ4v) is 8.36. The van der Waals surface area contributed by atoms with E-state index in [-0.39, 0.29) is 24.5 Å². The van der Waals surface area contributed by atoms with Crippen molar-refractivity contribution in [2.75, 3.05) is 26.2 Å². The van der Waals surface area contributed by atoms with E-state index in [1.807, 2.05) is 25.1 Å². The molecule has 12 heteroatoms. The Hall–Kier alpha value is -4.58. The van der Waals surface area contributed by atoms with Gasteiger partial charge in [-0.2, -0.15) is 0 Å². The maximum Gasteiger partial charge on any atom is 0.307 e. The molecule has 244 valence electrons. The summed E-state index contributed by atoms with van der Waals surface area (Å²) in [5.41, 5.74) is 2.30. The molecule has 4 heterocycles. The third kappa shape index (κ3) is 5.68. The first-order valence-corrected chi connectivity index (χ1v) is 17.0. The second kappa shape index (κ2) is 12.6. The van der Waals surface area contributed by atoms with Crippen molar-refractivity contribution >= 4 is 40.9 Å². The topological polar surface area (TPSA) is 137 Å². The molecule has 1 aromatic heterocycles. The molecule has 3 aromatic rings. The molecule has 11 nitrogen and oxygen atoms in total. The first kappa shape index (κ1) is 31.0. The fraction of sp³-hybridized carbons (Fsp3) is 0.429. The zero-order valence-corrected chi connectivity index (χ0v) is 26.9. The van der Waals surface area contributed by atoms with Gasteiger partial charge in [0.1, 0.15) is 16.7 Å². The number of carboxylic acids is 1. The minimum atomic E-state index is -0.977. The number of hydrogen-bond acceptors (Lipinski definition) is 8. The zero-order chi connectivity index (χ0) is 32.8. The lowest BCUT2D eigenvalue weighted by Crippen LogP contribution is -2.50. The number of nitrogens with zero attached hydrogens (tertiary/aromatic N) is 4. The van der Waals surface area contributed by atoms with Crippen molar-refractivity contribution in [2.24, 2.45) is 11.8 Å². The highest BCUT2D eigenvalue weighted by molar-refractivity contribution is 7.13. The van der Waals surface area contributed by atoms with Gasteiger partial charge in [0.2, 0.25) is 5.91 Å². The number of benzene rings is 2. The lowest BCUT2D eigenvalue weighted by atomic mass is 9.77. The van der Waals surface area contributed by atoms with Crippen LogP contribution in [0, 0.1) is 18.8 Å². The van der Waals surface area contributed by atoms with E-state index < -0.39 is 35.7 Å². The van der Waals surface area contributed by atoms with Gasteiger partial charge in [-0.3, -0.25) is 28.9 Å². The van der Waals surface area contributed by atoms with Gasteiger partial charge in [-0.05, 0) is 49.9 Å². The van der Waals surface area contributed by atoms with Crippen LogP contribution in [-0.4, -0.2) is 86.7 Å².